The van der Waals surface area contributed by atoms with Crippen LogP contribution in [0.3, 0.4) is 0 Å². The maximum absolute atomic E-state index is 12.5. The monoisotopic (exact) mass is 1320 g/mol. The zero-order valence-corrected chi connectivity index (χ0v) is 51.4. The number of thioether (sulfide) groups is 2. The molecule has 7 aromatic rings. The van der Waals surface area contributed by atoms with Crippen molar-refractivity contribution in [3.05, 3.63) is 107 Å². The molecule has 0 amide bonds. The van der Waals surface area contributed by atoms with Crippen LogP contribution < -0.4 is 9.47 Å². The minimum atomic E-state index is -4.95. The molecule has 0 aliphatic heterocycles. The number of nitriles is 1. The third-order valence-corrected chi connectivity index (χ3v) is 17.4. The Hall–Kier alpha value is -7.70. The number of aromatic nitrogens is 2. The van der Waals surface area contributed by atoms with Crippen LogP contribution in [0.5, 0.6) is 17.4 Å². The van der Waals surface area contributed by atoms with Gasteiger partial charge in [-0.15, -0.1) is 56.6 Å². The Labute approximate surface area is 502 Å². The summed E-state index contributed by atoms with van der Waals surface area (Å²) in [6.07, 6.45) is 0.0118. The Kier molecular flexibility index (Phi) is 22.8. The van der Waals surface area contributed by atoms with Crippen LogP contribution in [0.15, 0.2) is 134 Å². The van der Waals surface area contributed by atoms with Gasteiger partial charge in [-0.2, -0.15) is 59.4 Å². The molecular formula is C50H51N11O18S7. The number of benzene rings is 5. The summed E-state index contributed by atoms with van der Waals surface area (Å²) >= 11 is 2.47. The number of aryl methyl sites for hydroxylation is 3. The molecule has 0 spiro atoms. The Bertz CT molecular complexity index is 4500. The van der Waals surface area contributed by atoms with Crippen LogP contribution in [0.4, 0.5) is 45.5 Å². The van der Waals surface area contributed by atoms with Crippen LogP contribution in [-0.2, 0) is 51.1 Å². The summed E-state index contributed by atoms with van der Waals surface area (Å²) < 4.78 is 170. The molecule has 456 valence electrons. The Morgan fingerprint density at radius 2 is 1.07 bits per heavy atom. The number of ether oxygens (including phenoxy) is 2. The van der Waals surface area contributed by atoms with Gasteiger partial charge in [-0.1, -0.05) is 18.2 Å². The van der Waals surface area contributed by atoms with E-state index in [2.05, 4.69) is 45.9 Å². The van der Waals surface area contributed by atoms with Crippen molar-refractivity contribution >= 4 is 137 Å². The SMILES string of the molecule is COc1ccc2c(nc3c(C#N)c(C)c(N=Nc4cc(C)c(N=Nc5cc(C)c(N=Nc6cc(C)c(N=Nc7ccccc7)cc6SCCCS(=O)(=O)O)cc5SCCCS(=O)(=O)O)cc4OCCCS(=O)(=O)O)c(O)n32)c1S(=O)(=O)O.O=S(=O)=O. The highest BCUT2D eigenvalue weighted by Crippen LogP contribution is 2.45. The quantitative estimate of drug-likeness (QED) is 0.0154. The van der Waals surface area contributed by atoms with Crippen molar-refractivity contribution in [2.24, 2.45) is 40.9 Å². The minimum Gasteiger partial charge on any atom is -0.495 e. The fourth-order valence-corrected chi connectivity index (χ4v) is 12.4. The highest BCUT2D eigenvalue weighted by atomic mass is 32.2. The number of pyridine rings is 1. The summed E-state index contributed by atoms with van der Waals surface area (Å²) in [7, 11) is -19.7. The molecule has 0 aliphatic carbocycles. The van der Waals surface area contributed by atoms with Gasteiger partial charge >= 0.3 is 10.6 Å². The molecule has 0 atom stereocenters. The standard InChI is InChI=1S/C50H51N11O15S6.O3S/c1-29-22-38(57-60-46-32(4)34(28-51)49-52-47-41(61(49)50(46)62)14-15-42(75-5)48(47)82(72,73)74)43(76-16-9-19-79(63,64)65)25-35(29)55-58-39-24-31(3)37(27-45(39)78-18-11-21-81(69,70)71)56-59-40-23-30(2)36(54-53-33-12-7-6-8-13-33)26-44(40)77-17-10-20-80(66,67)68;1-4(2)3/h6-8,12-15,22-27,62H,9-11,16-21H2,1-5H3,(H,63,64,65)(H,66,67,68)(H,69,70,71)(H,72,73,74);. The van der Waals surface area contributed by atoms with Crippen LogP contribution in [-0.4, -0.2) is 121 Å². The topological polar surface area (TPSA) is 447 Å². The van der Waals surface area contributed by atoms with Gasteiger partial charge in [-0.05, 0) is 130 Å². The number of methoxy groups -OCH3 is 1. The summed E-state index contributed by atoms with van der Waals surface area (Å²) in [5.41, 5.74) is 3.29. The third kappa shape index (κ3) is 18.9. The van der Waals surface area contributed by atoms with Gasteiger partial charge in [0.05, 0.1) is 70.6 Å². The van der Waals surface area contributed by atoms with Gasteiger partial charge in [-0.25, -0.2) is 4.98 Å². The van der Waals surface area contributed by atoms with Crippen molar-refractivity contribution in [3.63, 3.8) is 0 Å². The Morgan fingerprint density at radius 1 is 0.605 bits per heavy atom. The van der Waals surface area contributed by atoms with Gasteiger partial charge < -0.3 is 14.6 Å². The average molecular weight is 1320 g/mol. The maximum Gasteiger partial charge on any atom is 0.425 e. The number of azo groups is 4. The van der Waals surface area contributed by atoms with E-state index in [1.807, 2.05) is 31.2 Å². The number of fused-ring (bicyclic) bond motifs is 3. The molecule has 0 radical (unpaired) electrons. The predicted octanol–water partition coefficient (Wildman–Crippen LogP) is 11.6. The second-order valence-electron chi connectivity index (χ2n) is 18.1. The number of imidazole rings is 1. The molecule has 36 heteroatoms. The molecule has 0 aliphatic rings. The largest absolute Gasteiger partial charge is 0.495 e. The van der Waals surface area contributed by atoms with E-state index in [1.165, 1.54) is 61.8 Å². The third-order valence-electron chi connectivity index (χ3n) is 11.8. The van der Waals surface area contributed by atoms with E-state index in [1.54, 1.807) is 50.2 Å². The van der Waals surface area contributed by atoms with Gasteiger partial charge in [0, 0.05) is 21.4 Å². The minimum absolute atomic E-state index is 0.0105. The number of rotatable bonds is 25. The average Bonchev–Trinajstić information content (AvgIpc) is 1.60. The van der Waals surface area contributed by atoms with Crippen LogP contribution in [0.1, 0.15) is 47.1 Å². The number of hydrogen-bond acceptors (Lipinski definition) is 26. The van der Waals surface area contributed by atoms with E-state index in [9.17, 15) is 62.3 Å². The first-order valence-electron chi connectivity index (χ1n) is 24.7. The van der Waals surface area contributed by atoms with Crippen molar-refractivity contribution < 1.29 is 79.1 Å². The predicted molar refractivity (Wildman–Crippen MR) is 317 cm³/mol. The second-order valence-corrected chi connectivity index (χ2v) is 26.9. The lowest BCUT2D eigenvalue weighted by Gasteiger charge is -2.12. The van der Waals surface area contributed by atoms with Crippen molar-refractivity contribution in [1.29, 1.82) is 5.26 Å². The summed E-state index contributed by atoms with van der Waals surface area (Å²) in [5.74, 6) is -2.04. The summed E-state index contributed by atoms with van der Waals surface area (Å²) in [6.45, 7) is 6.38. The number of hydrogen-bond donors (Lipinski definition) is 5. The fraction of sp³-hybridized carbons (Fsp3) is 0.280. The molecule has 2 heterocycles. The molecule has 5 aromatic carbocycles. The van der Waals surface area contributed by atoms with Gasteiger partial charge in [0.1, 0.15) is 34.3 Å². The van der Waals surface area contributed by atoms with Crippen molar-refractivity contribution in [3.8, 4) is 23.4 Å². The molecule has 0 unspecified atom stereocenters. The lowest BCUT2D eigenvalue weighted by Crippen LogP contribution is -2.08. The first kappa shape index (κ1) is 67.4. The van der Waals surface area contributed by atoms with E-state index >= 15 is 0 Å². The summed E-state index contributed by atoms with van der Waals surface area (Å²) in [5, 5.41) is 57.6. The smallest absolute Gasteiger partial charge is 0.425 e. The van der Waals surface area contributed by atoms with E-state index < -0.39 is 79.1 Å². The van der Waals surface area contributed by atoms with Crippen molar-refractivity contribution in [1.82, 2.24) is 9.38 Å². The molecule has 29 nitrogen and oxygen atoms in total. The lowest BCUT2D eigenvalue weighted by atomic mass is 10.1. The van der Waals surface area contributed by atoms with E-state index in [-0.39, 0.29) is 93.7 Å². The molecule has 86 heavy (non-hydrogen) atoms. The van der Waals surface area contributed by atoms with Gasteiger partial charge in [0.2, 0.25) is 5.88 Å². The molecule has 7 rings (SSSR count). The first-order chi connectivity index (χ1) is 40.4. The molecule has 0 saturated carbocycles. The van der Waals surface area contributed by atoms with Gasteiger partial charge in [0.15, 0.2) is 16.2 Å². The molecule has 0 fully saturated rings. The molecule has 2 aromatic heterocycles. The highest BCUT2D eigenvalue weighted by molar-refractivity contribution is 7.99. The Balaban J connectivity index is 0.00000286. The lowest BCUT2D eigenvalue weighted by molar-refractivity contribution is 0.317. The summed E-state index contributed by atoms with van der Waals surface area (Å²) in [6, 6.07) is 23.4. The van der Waals surface area contributed by atoms with Gasteiger partial charge in [0.25, 0.3) is 40.5 Å². The normalized spacial score (nSPS) is 12.4. The summed E-state index contributed by atoms with van der Waals surface area (Å²) in [4.78, 5) is 4.65. The van der Waals surface area contributed by atoms with Crippen molar-refractivity contribution in [2.45, 2.75) is 61.6 Å². The van der Waals surface area contributed by atoms with Crippen LogP contribution >= 0.6 is 23.5 Å². The first-order valence-corrected chi connectivity index (χ1v) is 33.9. The molecular weight excluding hydrogens is 1270 g/mol. The zero-order valence-electron chi connectivity index (χ0n) is 45.7. The highest BCUT2D eigenvalue weighted by Gasteiger charge is 2.28. The second kappa shape index (κ2) is 29.1. The van der Waals surface area contributed by atoms with Crippen LogP contribution in [0.2, 0.25) is 0 Å². The maximum atomic E-state index is 12.5. The van der Waals surface area contributed by atoms with Crippen LogP contribution in [0.25, 0.3) is 16.7 Å². The van der Waals surface area contributed by atoms with Crippen molar-refractivity contribution in [2.75, 3.05) is 42.5 Å². The molecule has 0 saturated heterocycles. The number of nitrogens with zero attached hydrogens (tertiary/aromatic N) is 11. The molecule has 0 bridgehead atoms. The van der Waals surface area contributed by atoms with Crippen LogP contribution in [0, 0.1) is 39.0 Å². The molecule has 5 N–H and O–H groups in total. The fourth-order valence-electron chi connectivity index (χ4n) is 7.79. The van der Waals surface area contributed by atoms with Gasteiger partial charge in [-0.3, -0.25) is 22.6 Å². The number of aromatic hydroxyl groups is 1. The zero-order chi connectivity index (χ0) is 63.3. The van der Waals surface area contributed by atoms with E-state index in [0.29, 0.717) is 54.9 Å². The van der Waals surface area contributed by atoms with E-state index in [0.717, 1.165) is 4.40 Å². The van der Waals surface area contributed by atoms with E-state index in [4.69, 9.17) is 22.1 Å². The Morgan fingerprint density at radius 3 is 1.56 bits per heavy atom.